The van der Waals surface area contributed by atoms with Gasteiger partial charge in [-0.25, -0.2) is 0 Å². The smallest absolute Gasteiger partial charge is 0.223 e. The molecule has 3 rings (SSSR count). The molecule has 1 saturated heterocycles. The molecule has 0 saturated carbocycles. The predicted molar refractivity (Wildman–Crippen MR) is 125 cm³/mol. The van der Waals surface area contributed by atoms with E-state index in [0.29, 0.717) is 25.6 Å². The fraction of sp³-hybridized carbons (Fsp3) is 0.692. The molecule has 178 valence electrons. The molecule has 1 fully saturated rings. The summed E-state index contributed by atoms with van der Waals surface area (Å²) in [6, 6.07) is 8.20. The molecule has 1 N–H and O–H groups in total. The van der Waals surface area contributed by atoms with Crippen LogP contribution in [0.15, 0.2) is 24.3 Å². The molecule has 1 heterocycles. The van der Waals surface area contributed by atoms with Crippen molar-refractivity contribution in [3.63, 3.8) is 0 Å². The van der Waals surface area contributed by atoms with E-state index in [2.05, 4.69) is 37.4 Å². The lowest BCUT2D eigenvalue weighted by molar-refractivity contribution is -0.135. The number of hydrogen-bond donors (Lipinski definition) is 1. The average Bonchev–Trinajstić information content (AvgIpc) is 3.02. The number of piperidine rings is 1. The van der Waals surface area contributed by atoms with Crippen molar-refractivity contribution in [2.45, 2.75) is 70.9 Å². The molecule has 2 aliphatic rings. The number of fused-ring (bicyclic) bond motifs is 2. The standard InChI is InChI=1S/C26H40N2O4/c1-18(2)10-11-22(29)28-14-12-26(13-15-28)21-9-7-6-8-20(21)23(27-25(30)19(3)4)24(26)32-17-16-31-5/h6-9,18-19,23-24H,10-17H2,1-5H3,(H,27,30). The second-order valence-corrected chi connectivity index (χ2v) is 9.98. The number of hydrogen-bond acceptors (Lipinski definition) is 4. The van der Waals surface area contributed by atoms with Crippen molar-refractivity contribution in [2.75, 3.05) is 33.4 Å². The van der Waals surface area contributed by atoms with Gasteiger partial charge in [0.2, 0.25) is 11.8 Å². The molecule has 1 aromatic carbocycles. The Bertz CT molecular complexity index is 784. The Kier molecular flexibility index (Phi) is 8.34. The van der Waals surface area contributed by atoms with Crippen LogP contribution < -0.4 is 5.32 Å². The Morgan fingerprint density at radius 1 is 1.12 bits per heavy atom. The number of rotatable bonds is 9. The van der Waals surface area contributed by atoms with Crippen LogP contribution >= 0.6 is 0 Å². The van der Waals surface area contributed by atoms with Crippen LogP contribution in [-0.4, -0.2) is 56.2 Å². The van der Waals surface area contributed by atoms with Crippen LogP contribution in [0.1, 0.15) is 70.5 Å². The second-order valence-electron chi connectivity index (χ2n) is 9.98. The van der Waals surface area contributed by atoms with Gasteiger partial charge in [0.25, 0.3) is 0 Å². The summed E-state index contributed by atoms with van der Waals surface area (Å²) in [6.07, 6.45) is 3.04. The number of amides is 2. The maximum atomic E-state index is 12.7. The van der Waals surface area contributed by atoms with Crippen LogP contribution in [-0.2, 0) is 24.5 Å². The molecule has 1 aromatic rings. The molecule has 0 radical (unpaired) electrons. The van der Waals surface area contributed by atoms with Crippen molar-refractivity contribution in [1.82, 2.24) is 10.2 Å². The molecule has 2 amide bonds. The third kappa shape index (κ3) is 5.18. The van der Waals surface area contributed by atoms with E-state index < -0.39 is 0 Å². The molecule has 2 atom stereocenters. The number of carbonyl (C=O) groups excluding carboxylic acids is 2. The highest BCUT2D eigenvalue weighted by atomic mass is 16.5. The fourth-order valence-electron chi connectivity index (χ4n) is 5.12. The number of nitrogens with one attached hydrogen (secondary N) is 1. The summed E-state index contributed by atoms with van der Waals surface area (Å²) >= 11 is 0. The zero-order chi connectivity index (χ0) is 23.3. The monoisotopic (exact) mass is 444 g/mol. The minimum absolute atomic E-state index is 0.0310. The quantitative estimate of drug-likeness (QED) is 0.588. The lowest BCUT2D eigenvalue weighted by Crippen LogP contribution is -2.52. The number of benzene rings is 1. The molecule has 1 aliphatic carbocycles. The van der Waals surface area contributed by atoms with E-state index >= 15 is 0 Å². The van der Waals surface area contributed by atoms with Gasteiger partial charge in [-0.2, -0.15) is 0 Å². The first-order valence-corrected chi connectivity index (χ1v) is 12.1. The molecule has 1 aliphatic heterocycles. The highest BCUT2D eigenvalue weighted by Crippen LogP contribution is 2.52. The molecule has 6 nitrogen and oxygen atoms in total. The van der Waals surface area contributed by atoms with E-state index in [1.807, 2.05) is 24.8 Å². The van der Waals surface area contributed by atoms with Crippen molar-refractivity contribution < 1.29 is 19.1 Å². The molecular weight excluding hydrogens is 404 g/mol. The maximum absolute atomic E-state index is 12.7. The van der Waals surface area contributed by atoms with Crippen LogP contribution in [0, 0.1) is 11.8 Å². The summed E-state index contributed by atoms with van der Waals surface area (Å²) in [7, 11) is 1.67. The first-order valence-electron chi connectivity index (χ1n) is 12.1. The predicted octanol–water partition coefficient (Wildman–Crippen LogP) is 3.84. The fourth-order valence-corrected chi connectivity index (χ4v) is 5.12. The summed E-state index contributed by atoms with van der Waals surface area (Å²) in [6.45, 7) is 10.6. The zero-order valence-electron chi connectivity index (χ0n) is 20.4. The number of likely N-dealkylation sites (tertiary alicyclic amines) is 1. The topological polar surface area (TPSA) is 67.9 Å². The van der Waals surface area contributed by atoms with Gasteiger partial charge in [0.15, 0.2) is 0 Å². The molecular formula is C26H40N2O4. The van der Waals surface area contributed by atoms with Gasteiger partial charge in [-0.3, -0.25) is 9.59 Å². The summed E-state index contributed by atoms with van der Waals surface area (Å²) in [4.78, 5) is 27.4. The van der Waals surface area contributed by atoms with Crippen molar-refractivity contribution in [2.24, 2.45) is 11.8 Å². The number of methoxy groups -OCH3 is 1. The van der Waals surface area contributed by atoms with E-state index in [4.69, 9.17) is 9.47 Å². The number of ether oxygens (including phenoxy) is 2. The molecule has 32 heavy (non-hydrogen) atoms. The Morgan fingerprint density at radius 2 is 1.81 bits per heavy atom. The minimum atomic E-state index is -0.214. The molecule has 1 spiro atoms. The summed E-state index contributed by atoms with van der Waals surface area (Å²) in [5.41, 5.74) is 2.18. The zero-order valence-corrected chi connectivity index (χ0v) is 20.4. The number of carbonyl (C=O) groups is 2. The van der Waals surface area contributed by atoms with Gasteiger partial charge in [-0.15, -0.1) is 0 Å². The van der Waals surface area contributed by atoms with Crippen molar-refractivity contribution in [3.8, 4) is 0 Å². The summed E-state index contributed by atoms with van der Waals surface area (Å²) in [5.74, 6) is 0.712. The van der Waals surface area contributed by atoms with Crippen LogP contribution in [0.4, 0.5) is 0 Å². The van der Waals surface area contributed by atoms with Crippen molar-refractivity contribution >= 4 is 11.8 Å². The van der Waals surface area contributed by atoms with Gasteiger partial charge in [-0.1, -0.05) is 52.0 Å². The van der Waals surface area contributed by atoms with E-state index in [1.165, 1.54) is 5.56 Å². The first kappa shape index (κ1) is 24.7. The SMILES string of the molecule is COCCOC1C(NC(=O)C(C)C)c2ccccc2C12CCN(C(=O)CCC(C)C)CC2. The Morgan fingerprint density at radius 3 is 2.44 bits per heavy atom. The molecule has 0 aromatic heterocycles. The third-order valence-electron chi connectivity index (χ3n) is 7.03. The lowest BCUT2D eigenvalue weighted by Gasteiger charge is -2.44. The first-order chi connectivity index (χ1) is 15.3. The normalized spacial score (nSPS) is 21.9. The third-order valence-corrected chi connectivity index (χ3v) is 7.03. The highest BCUT2D eigenvalue weighted by molar-refractivity contribution is 5.79. The van der Waals surface area contributed by atoms with Crippen LogP contribution in [0.5, 0.6) is 0 Å². The Labute approximate surface area is 193 Å². The van der Waals surface area contributed by atoms with Crippen LogP contribution in [0.3, 0.4) is 0 Å². The van der Waals surface area contributed by atoms with Crippen LogP contribution in [0.25, 0.3) is 0 Å². The van der Waals surface area contributed by atoms with Gasteiger partial charge >= 0.3 is 0 Å². The number of nitrogens with zero attached hydrogens (tertiary/aromatic N) is 1. The average molecular weight is 445 g/mol. The van der Waals surface area contributed by atoms with Gasteiger partial charge in [0.1, 0.15) is 0 Å². The molecule has 2 unspecified atom stereocenters. The van der Waals surface area contributed by atoms with E-state index in [9.17, 15) is 9.59 Å². The van der Waals surface area contributed by atoms with E-state index in [1.54, 1.807) is 7.11 Å². The van der Waals surface area contributed by atoms with Crippen LogP contribution in [0.2, 0.25) is 0 Å². The van der Waals surface area contributed by atoms with Crippen molar-refractivity contribution in [1.29, 1.82) is 0 Å². The summed E-state index contributed by atoms with van der Waals surface area (Å²) < 4.78 is 11.7. The van der Waals surface area contributed by atoms with Gasteiger partial charge in [0, 0.05) is 38.0 Å². The van der Waals surface area contributed by atoms with Crippen molar-refractivity contribution in [3.05, 3.63) is 35.4 Å². The maximum Gasteiger partial charge on any atom is 0.223 e. The van der Waals surface area contributed by atoms with E-state index in [-0.39, 0.29) is 35.3 Å². The summed E-state index contributed by atoms with van der Waals surface area (Å²) in [5, 5.41) is 3.26. The minimum Gasteiger partial charge on any atom is -0.382 e. The Hall–Kier alpha value is -1.92. The highest BCUT2D eigenvalue weighted by Gasteiger charge is 2.54. The Balaban J connectivity index is 1.85. The largest absolute Gasteiger partial charge is 0.382 e. The molecule has 0 bridgehead atoms. The van der Waals surface area contributed by atoms with Gasteiger partial charge < -0.3 is 19.7 Å². The van der Waals surface area contributed by atoms with E-state index in [0.717, 1.165) is 37.9 Å². The van der Waals surface area contributed by atoms with Gasteiger partial charge in [-0.05, 0) is 36.3 Å². The van der Waals surface area contributed by atoms with Gasteiger partial charge in [0.05, 0.1) is 25.4 Å². The molecule has 6 heteroatoms. The lowest BCUT2D eigenvalue weighted by atomic mass is 9.71. The second kappa shape index (κ2) is 10.8.